The maximum atomic E-state index is 12.9. The first kappa shape index (κ1) is 22.5. The van der Waals surface area contributed by atoms with Crippen LogP contribution in [-0.2, 0) is 33.2 Å². The number of benzene rings is 1. The number of hydrogen-bond donors (Lipinski definition) is 1. The number of aryl methyl sites for hydroxylation is 2. The van der Waals surface area contributed by atoms with E-state index in [4.69, 9.17) is 9.15 Å². The molecule has 34 heavy (non-hydrogen) atoms. The minimum Gasteiger partial charge on any atom is -0.463 e. The number of fused-ring (bicyclic) bond motifs is 2. The zero-order valence-electron chi connectivity index (χ0n) is 18.8. The van der Waals surface area contributed by atoms with E-state index in [1.807, 2.05) is 24.0 Å². The molecule has 0 aliphatic carbocycles. The van der Waals surface area contributed by atoms with Crippen molar-refractivity contribution >= 4 is 38.8 Å². The van der Waals surface area contributed by atoms with Crippen molar-refractivity contribution < 1.29 is 17.6 Å². The Morgan fingerprint density at radius 3 is 2.85 bits per heavy atom. The van der Waals surface area contributed by atoms with Crippen molar-refractivity contribution in [3.63, 3.8) is 0 Å². The summed E-state index contributed by atoms with van der Waals surface area (Å²) in [4.78, 5) is 24.0. The van der Waals surface area contributed by atoms with Crippen molar-refractivity contribution in [1.29, 1.82) is 0 Å². The van der Waals surface area contributed by atoms with Gasteiger partial charge in [-0.2, -0.15) is 10.1 Å². The quantitative estimate of drug-likeness (QED) is 0.427. The molecule has 2 aliphatic heterocycles. The molecule has 0 radical (unpaired) electrons. The first-order valence-electron chi connectivity index (χ1n) is 11.2. The summed E-state index contributed by atoms with van der Waals surface area (Å²) in [5.41, 5.74) is 5.83. The smallest absolute Gasteiger partial charge is 0.245 e. The van der Waals surface area contributed by atoms with Gasteiger partial charge in [-0.05, 0) is 24.1 Å². The van der Waals surface area contributed by atoms with E-state index in [9.17, 15) is 13.2 Å². The monoisotopic (exact) mass is 483 g/mol. The summed E-state index contributed by atoms with van der Waals surface area (Å²) >= 11 is 0. The summed E-state index contributed by atoms with van der Waals surface area (Å²) in [6.45, 7) is 4.35. The normalized spacial score (nSPS) is 17.7. The minimum absolute atomic E-state index is 0.0557. The van der Waals surface area contributed by atoms with Crippen LogP contribution in [-0.4, -0.2) is 56.7 Å². The van der Waals surface area contributed by atoms with Crippen LogP contribution in [0, 0.1) is 0 Å². The lowest BCUT2D eigenvalue weighted by Crippen LogP contribution is -2.38. The molecule has 0 bridgehead atoms. The molecule has 0 amide bonds. The van der Waals surface area contributed by atoms with Gasteiger partial charge in [0.05, 0.1) is 47.6 Å². The van der Waals surface area contributed by atoms with Gasteiger partial charge in [0.15, 0.2) is 9.84 Å². The number of anilines is 2. The zero-order valence-corrected chi connectivity index (χ0v) is 19.6. The maximum Gasteiger partial charge on any atom is 0.245 e. The Morgan fingerprint density at radius 1 is 1.24 bits per heavy atom. The van der Waals surface area contributed by atoms with Crippen LogP contribution in [0.3, 0.4) is 0 Å². The molecular weight excluding hydrogens is 458 g/mol. The molecule has 1 saturated heterocycles. The van der Waals surface area contributed by atoms with Crippen LogP contribution in [0.2, 0.25) is 0 Å². The van der Waals surface area contributed by atoms with E-state index in [0.29, 0.717) is 66.3 Å². The van der Waals surface area contributed by atoms with Crippen LogP contribution in [0.1, 0.15) is 29.3 Å². The molecule has 2 aliphatic rings. The number of hydrazone groups is 1. The van der Waals surface area contributed by atoms with E-state index < -0.39 is 9.84 Å². The zero-order chi connectivity index (χ0) is 23.7. The SMILES string of the molecule is CCc1ccc2occ(/C=N/Nc3nc4c(c(N5CCOCC5)n3)CS(=O)(=O)CC4)c(=O)c2c1. The molecule has 1 N–H and O–H groups in total. The molecule has 2 aromatic heterocycles. The molecule has 3 aromatic rings. The van der Waals surface area contributed by atoms with Crippen molar-refractivity contribution in [2.75, 3.05) is 42.4 Å². The molecular formula is C23H25N5O5S. The predicted molar refractivity (Wildman–Crippen MR) is 129 cm³/mol. The number of rotatable bonds is 5. The fourth-order valence-corrected chi connectivity index (χ4v) is 5.55. The fourth-order valence-electron chi connectivity index (χ4n) is 4.16. The van der Waals surface area contributed by atoms with Gasteiger partial charge < -0.3 is 14.1 Å². The Hall–Kier alpha value is -3.31. The first-order chi connectivity index (χ1) is 16.4. The van der Waals surface area contributed by atoms with Gasteiger partial charge in [0.2, 0.25) is 11.4 Å². The van der Waals surface area contributed by atoms with Crippen molar-refractivity contribution in [3.05, 3.63) is 57.1 Å². The molecule has 11 heteroatoms. The molecule has 5 rings (SSSR count). The van der Waals surface area contributed by atoms with Crippen molar-refractivity contribution in [2.45, 2.75) is 25.5 Å². The van der Waals surface area contributed by atoms with Gasteiger partial charge in [-0.1, -0.05) is 13.0 Å². The minimum atomic E-state index is -3.18. The van der Waals surface area contributed by atoms with Gasteiger partial charge in [-0.3, -0.25) is 4.79 Å². The summed E-state index contributed by atoms with van der Waals surface area (Å²) in [5.74, 6) is 0.817. The van der Waals surface area contributed by atoms with Gasteiger partial charge in [0, 0.05) is 25.1 Å². The number of morpholine rings is 1. The van der Waals surface area contributed by atoms with Crippen molar-refractivity contribution in [3.8, 4) is 0 Å². The molecule has 0 unspecified atom stereocenters. The number of nitrogens with zero attached hydrogens (tertiary/aromatic N) is 4. The summed E-state index contributed by atoms with van der Waals surface area (Å²) in [6.07, 6.45) is 3.90. The third-order valence-corrected chi connectivity index (χ3v) is 7.59. The van der Waals surface area contributed by atoms with E-state index in [-0.39, 0.29) is 22.9 Å². The van der Waals surface area contributed by atoms with E-state index in [0.717, 1.165) is 12.0 Å². The Labute approximate surface area is 196 Å². The lowest BCUT2D eigenvalue weighted by atomic mass is 10.1. The second-order valence-electron chi connectivity index (χ2n) is 8.31. The Morgan fingerprint density at radius 2 is 2.06 bits per heavy atom. The highest BCUT2D eigenvalue weighted by atomic mass is 32.2. The van der Waals surface area contributed by atoms with Gasteiger partial charge in [0.25, 0.3) is 0 Å². The largest absolute Gasteiger partial charge is 0.463 e. The molecule has 1 fully saturated rings. The van der Waals surface area contributed by atoms with Crippen LogP contribution in [0.25, 0.3) is 11.0 Å². The number of aromatic nitrogens is 2. The topological polar surface area (TPSA) is 127 Å². The average molecular weight is 484 g/mol. The molecule has 1 aromatic carbocycles. The van der Waals surface area contributed by atoms with E-state index in [1.165, 1.54) is 12.5 Å². The third kappa shape index (κ3) is 4.53. The van der Waals surface area contributed by atoms with Crippen LogP contribution in [0.15, 0.2) is 38.8 Å². The second kappa shape index (κ2) is 9.15. The Balaban J connectivity index is 1.45. The molecule has 4 heterocycles. The summed E-state index contributed by atoms with van der Waals surface area (Å²) in [7, 11) is -3.18. The molecule has 0 atom stereocenters. The summed E-state index contributed by atoms with van der Waals surface area (Å²) in [6, 6.07) is 5.57. The van der Waals surface area contributed by atoms with Gasteiger partial charge in [-0.15, -0.1) is 0 Å². The van der Waals surface area contributed by atoms with Crippen LogP contribution in [0.5, 0.6) is 0 Å². The lowest BCUT2D eigenvalue weighted by Gasteiger charge is -2.31. The highest BCUT2D eigenvalue weighted by Crippen LogP contribution is 2.29. The number of hydrogen-bond acceptors (Lipinski definition) is 10. The average Bonchev–Trinajstić information content (AvgIpc) is 2.85. The fraction of sp³-hybridized carbons (Fsp3) is 0.391. The van der Waals surface area contributed by atoms with Gasteiger partial charge in [0.1, 0.15) is 17.7 Å². The van der Waals surface area contributed by atoms with Crippen molar-refractivity contribution in [2.24, 2.45) is 5.10 Å². The van der Waals surface area contributed by atoms with E-state index in [2.05, 4.69) is 20.5 Å². The predicted octanol–water partition coefficient (Wildman–Crippen LogP) is 1.90. The molecule has 0 saturated carbocycles. The van der Waals surface area contributed by atoms with E-state index >= 15 is 0 Å². The number of ether oxygens (including phenoxy) is 1. The molecule has 0 spiro atoms. The standard InChI is InChI=1S/C23H25N5O5S/c1-2-15-3-4-20-17(11-15)21(29)16(13-33-20)12-24-27-23-25-19-5-10-34(30,31)14-18(19)22(26-23)28-6-8-32-9-7-28/h3-4,11-13H,2,5-10,14H2,1H3,(H,25,26,27)/b24-12+. The second-order valence-corrected chi connectivity index (χ2v) is 10.5. The third-order valence-electron chi connectivity index (χ3n) is 6.04. The maximum absolute atomic E-state index is 12.9. The number of sulfone groups is 1. The Bertz CT molecular complexity index is 1430. The summed E-state index contributed by atoms with van der Waals surface area (Å²) in [5, 5.41) is 4.67. The van der Waals surface area contributed by atoms with E-state index in [1.54, 1.807) is 6.07 Å². The lowest BCUT2D eigenvalue weighted by molar-refractivity contribution is 0.122. The highest BCUT2D eigenvalue weighted by Gasteiger charge is 2.29. The van der Waals surface area contributed by atoms with Crippen LogP contribution < -0.4 is 15.8 Å². The van der Waals surface area contributed by atoms with Gasteiger partial charge >= 0.3 is 0 Å². The van der Waals surface area contributed by atoms with Crippen LogP contribution >= 0.6 is 0 Å². The van der Waals surface area contributed by atoms with Gasteiger partial charge in [-0.25, -0.2) is 18.8 Å². The molecule has 178 valence electrons. The number of nitrogens with one attached hydrogen (secondary N) is 1. The highest BCUT2D eigenvalue weighted by molar-refractivity contribution is 7.90. The molecule has 10 nitrogen and oxygen atoms in total. The van der Waals surface area contributed by atoms with Crippen molar-refractivity contribution in [1.82, 2.24) is 9.97 Å². The Kier molecular flexibility index (Phi) is 6.05. The summed E-state index contributed by atoms with van der Waals surface area (Å²) < 4.78 is 35.5. The first-order valence-corrected chi connectivity index (χ1v) is 13.0. The van der Waals surface area contributed by atoms with Crippen LogP contribution in [0.4, 0.5) is 11.8 Å².